The van der Waals surface area contributed by atoms with Crippen molar-refractivity contribution in [3.8, 4) is 5.75 Å². The second-order valence-corrected chi connectivity index (χ2v) is 5.13. The number of ketones is 2. The maximum absolute atomic E-state index is 13.3. The van der Waals surface area contributed by atoms with Crippen molar-refractivity contribution >= 4 is 17.5 Å². The molecule has 2 aromatic rings. The molecule has 6 nitrogen and oxygen atoms in total. The van der Waals surface area contributed by atoms with Crippen molar-refractivity contribution < 1.29 is 28.2 Å². The molecular formula is C17H16FNO5. The van der Waals surface area contributed by atoms with Gasteiger partial charge in [0.2, 0.25) is 5.78 Å². The van der Waals surface area contributed by atoms with E-state index in [-0.39, 0.29) is 22.8 Å². The van der Waals surface area contributed by atoms with E-state index in [1.54, 1.807) is 7.05 Å². The molecule has 0 aliphatic carbocycles. The summed E-state index contributed by atoms with van der Waals surface area (Å²) in [7, 11) is 2.93. The number of ether oxygens (including phenoxy) is 2. The predicted octanol–water partition coefficient (Wildman–Crippen LogP) is 2.42. The monoisotopic (exact) mass is 333 g/mol. The Bertz CT molecular complexity index is 809. The van der Waals surface area contributed by atoms with Crippen LogP contribution in [-0.4, -0.2) is 35.8 Å². The van der Waals surface area contributed by atoms with Gasteiger partial charge in [-0.25, -0.2) is 9.18 Å². The van der Waals surface area contributed by atoms with Gasteiger partial charge < -0.3 is 14.0 Å². The predicted molar refractivity (Wildman–Crippen MR) is 83.0 cm³/mol. The van der Waals surface area contributed by atoms with Crippen LogP contribution in [0.1, 0.15) is 38.1 Å². The van der Waals surface area contributed by atoms with Crippen LogP contribution in [0, 0.1) is 5.82 Å². The van der Waals surface area contributed by atoms with E-state index >= 15 is 0 Å². The minimum absolute atomic E-state index is 0.0124. The van der Waals surface area contributed by atoms with Gasteiger partial charge in [-0.3, -0.25) is 9.59 Å². The Morgan fingerprint density at radius 3 is 2.50 bits per heavy atom. The molecular weight excluding hydrogens is 317 g/mol. The van der Waals surface area contributed by atoms with Gasteiger partial charge in [0.25, 0.3) is 0 Å². The first-order valence-corrected chi connectivity index (χ1v) is 7.04. The van der Waals surface area contributed by atoms with Crippen molar-refractivity contribution in [1.29, 1.82) is 0 Å². The molecule has 7 heteroatoms. The van der Waals surface area contributed by atoms with Crippen LogP contribution in [-0.2, 0) is 11.8 Å². The van der Waals surface area contributed by atoms with Crippen LogP contribution in [0.3, 0.4) is 0 Å². The van der Waals surface area contributed by atoms with Crippen molar-refractivity contribution in [2.24, 2.45) is 7.05 Å². The highest BCUT2D eigenvalue weighted by Gasteiger charge is 2.19. The number of halogens is 1. The second kappa shape index (κ2) is 7.08. The Kier molecular flexibility index (Phi) is 5.13. The highest BCUT2D eigenvalue weighted by molar-refractivity contribution is 6.02. The molecule has 2 rings (SSSR count). The zero-order valence-corrected chi connectivity index (χ0v) is 13.5. The average molecular weight is 333 g/mol. The second-order valence-electron chi connectivity index (χ2n) is 5.13. The Labute approximate surface area is 137 Å². The number of methoxy groups -OCH3 is 1. The van der Waals surface area contributed by atoms with Crippen LogP contribution in [0.2, 0.25) is 0 Å². The molecule has 24 heavy (non-hydrogen) atoms. The van der Waals surface area contributed by atoms with Crippen molar-refractivity contribution in [2.75, 3.05) is 13.7 Å². The number of esters is 1. The zero-order valence-electron chi connectivity index (χ0n) is 13.5. The first-order chi connectivity index (χ1) is 11.3. The third-order valence-corrected chi connectivity index (χ3v) is 3.42. The Balaban J connectivity index is 2.10. The summed E-state index contributed by atoms with van der Waals surface area (Å²) in [5.41, 5.74) is 0.489. The molecule has 1 aromatic carbocycles. The highest BCUT2D eigenvalue weighted by atomic mass is 19.1. The van der Waals surface area contributed by atoms with E-state index in [1.165, 1.54) is 36.9 Å². The summed E-state index contributed by atoms with van der Waals surface area (Å²) >= 11 is 0. The standard InChI is InChI=1S/C17H16FNO5/c1-10(20)11-6-14(19(2)8-11)17(22)24-9-15(21)13-7-12(18)4-5-16(13)23-3/h4-8H,9H2,1-3H3. The molecule has 1 aromatic heterocycles. The van der Waals surface area contributed by atoms with Crippen LogP contribution >= 0.6 is 0 Å². The lowest BCUT2D eigenvalue weighted by Crippen LogP contribution is -2.17. The Morgan fingerprint density at radius 1 is 1.21 bits per heavy atom. The first-order valence-electron chi connectivity index (χ1n) is 7.04. The average Bonchev–Trinajstić information content (AvgIpc) is 2.94. The summed E-state index contributed by atoms with van der Waals surface area (Å²) in [6.45, 7) is 0.809. The largest absolute Gasteiger partial charge is 0.496 e. The quantitative estimate of drug-likeness (QED) is 0.599. The van der Waals surface area contributed by atoms with E-state index in [1.807, 2.05) is 0 Å². The number of hydrogen-bond donors (Lipinski definition) is 0. The molecule has 0 aliphatic heterocycles. The lowest BCUT2D eigenvalue weighted by molar-refractivity contribution is 0.0464. The van der Waals surface area contributed by atoms with E-state index in [2.05, 4.69) is 0 Å². The fourth-order valence-corrected chi connectivity index (χ4v) is 2.14. The molecule has 0 radical (unpaired) electrons. The number of benzene rings is 1. The van der Waals surface area contributed by atoms with Gasteiger partial charge in [0.05, 0.1) is 12.7 Å². The number of carbonyl (C=O) groups excluding carboxylic acids is 3. The number of aromatic nitrogens is 1. The summed E-state index contributed by atoms with van der Waals surface area (Å²) in [5, 5.41) is 0. The Hall–Kier alpha value is -2.96. The summed E-state index contributed by atoms with van der Waals surface area (Å²) < 4.78 is 24.7. The minimum Gasteiger partial charge on any atom is -0.496 e. The van der Waals surface area contributed by atoms with E-state index in [0.717, 1.165) is 12.1 Å². The van der Waals surface area contributed by atoms with Crippen molar-refractivity contribution in [2.45, 2.75) is 6.92 Å². The van der Waals surface area contributed by atoms with Crippen LogP contribution in [0.15, 0.2) is 30.5 Å². The maximum atomic E-state index is 13.3. The zero-order chi connectivity index (χ0) is 17.9. The molecule has 1 heterocycles. The van der Waals surface area contributed by atoms with Gasteiger partial charge in [0.1, 0.15) is 17.3 Å². The molecule has 126 valence electrons. The number of rotatable bonds is 6. The first kappa shape index (κ1) is 17.4. The van der Waals surface area contributed by atoms with E-state index in [0.29, 0.717) is 5.56 Å². The van der Waals surface area contributed by atoms with Gasteiger partial charge in [-0.15, -0.1) is 0 Å². The van der Waals surface area contributed by atoms with Crippen LogP contribution in [0.5, 0.6) is 5.75 Å². The van der Waals surface area contributed by atoms with Crippen LogP contribution in [0.25, 0.3) is 0 Å². The van der Waals surface area contributed by atoms with Gasteiger partial charge in [-0.1, -0.05) is 0 Å². The maximum Gasteiger partial charge on any atom is 0.355 e. The summed E-state index contributed by atoms with van der Waals surface area (Å²) in [6.07, 6.45) is 1.50. The van der Waals surface area contributed by atoms with Gasteiger partial charge in [0.15, 0.2) is 12.4 Å². The number of carbonyl (C=O) groups is 3. The summed E-state index contributed by atoms with van der Waals surface area (Å²) in [4.78, 5) is 35.5. The van der Waals surface area contributed by atoms with Crippen molar-refractivity contribution in [3.05, 3.63) is 53.1 Å². The molecule has 0 atom stereocenters. The van der Waals surface area contributed by atoms with Crippen LogP contribution in [0.4, 0.5) is 4.39 Å². The van der Waals surface area contributed by atoms with E-state index in [9.17, 15) is 18.8 Å². The normalized spacial score (nSPS) is 10.3. The summed E-state index contributed by atoms with van der Waals surface area (Å²) in [5.74, 6) is -1.95. The van der Waals surface area contributed by atoms with Crippen LogP contribution < -0.4 is 4.74 Å². The lowest BCUT2D eigenvalue weighted by Gasteiger charge is -2.08. The lowest BCUT2D eigenvalue weighted by atomic mass is 10.1. The van der Waals surface area contributed by atoms with Gasteiger partial charge >= 0.3 is 5.97 Å². The molecule has 0 amide bonds. The highest BCUT2D eigenvalue weighted by Crippen LogP contribution is 2.20. The molecule has 0 unspecified atom stereocenters. The van der Waals surface area contributed by atoms with E-state index < -0.39 is 24.2 Å². The number of hydrogen-bond acceptors (Lipinski definition) is 5. The third-order valence-electron chi connectivity index (χ3n) is 3.42. The molecule has 0 N–H and O–H groups in total. The molecule has 0 aliphatic rings. The topological polar surface area (TPSA) is 74.6 Å². The van der Waals surface area contributed by atoms with Gasteiger partial charge in [-0.2, -0.15) is 0 Å². The smallest absolute Gasteiger partial charge is 0.355 e. The Morgan fingerprint density at radius 2 is 1.92 bits per heavy atom. The number of aryl methyl sites for hydroxylation is 1. The molecule has 0 saturated carbocycles. The number of nitrogens with zero attached hydrogens (tertiary/aromatic N) is 1. The fourth-order valence-electron chi connectivity index (χ4n) is 2.14. The molecule has 0 bridgehead atoms. The SMILES string of the molecule is COc1ccc(F)cc1C(=O)COC(=O)c1cc(C(C)=O)cn1C. The van der Waals surface area contributed by atoms with Crippen molar-refractivity contribution in [3.63, 3.8) is 0 Å². The minimum atomic E-state index is -0.756. The molecule has 0 fully saturated rings. The van der Waals surface area contributed by atoms with E-state index in [4.69, 9.17) is 9.47 Å². The summed E-state index contributed by atoms with van der Waals surface area (Å²) in [6, 6.07) is 4.89. The van der Waals surface area contributed by atoms with Gasteiger partial charge in [0, 0.05) is 18.8 Å². The molecule has 0 spiro atoms. The number of Topliss-reactive ketones (excluding diaryl/α,β-unsaturated/α-hetero) is 2. The fraction of sp³-hybridized carbons (Fsp3) is 0.235. The third kappa shape index (κ3) is 3.68. The van der Waals surface area contributed by atoms with Gasteiger partial charge in [-0.05, 0) is 31.2 Å². The molecule has 0 saturated heterocycles. The van der Waals surface area contributed by atoms with Crippen molar-refractivity contribution in [1.82, 2.24) is 4.57 Å².